The zero-order valence-corrected chi connectivity index (χ0v) is 42.9. The van der Waals surface area contributed by atoms with Crippen LogP contribution in [0, 0.1) is 0 Å². The second kappa shape index (κ2) is 41.2. The van der Waals surface area contributed by atoms with Gasteiger partial charge in [0.15, 0.2) is 12.6 Å². The molecule has 12 atom stereocenters. The average Bonchev–Trinajstić information content (AvgIpc) is 3.34. The minimum Gasteiger partial charge on any atom is -0.394 e. The highest BCUT2D eigenvalue weighted by molar-refractivity contribution is 5.76. The smallest absolute Gasteiger partial charge is 0.220 e. The Morgan fingerprint density at radius 1 is 0.515 bits per heavy atom. The van der Waals surface area contributed by atoms with Crippen LogP contribution in [-0.2, 0) is 23.7 Å². The van der Waals surface area contributed by atoms with Gasteiger partial charge in [-0.15, -0.1) is 0 Å². The minimum absolute atomic E-state index is 0.237. The molecule has 0 aliphatic carbocycles. The summed E-state index contributed by atoms with van der Waals surface area (Å²) in [6, 6.07) is -0.908. The molecule has 2 rings (SSSR count). The van der Waals surface area contributed by atoms with E-state index in [1.54, 1.807) is 6.08 Å². The Labute approximate surface area is 412 Å². The van der Waals surface area contributed by atoms with Gasteiger partial charge in [0, 0.05) is 6.42 Å². The fourth-order valence-electron chi connectivity index (χ4n) is 9.41. The van der Waals surface area contributed by atoms with Crippen LogP contribution in [0.2, 0.25) is 0 Å². The van der Waals surface area contributed by atoms with Crippen molar-refractivity contribution in [2.24, 2.45) is 0 Å². The van der Waals surface area contributed by atoms with Crippen LogP contribution in [0.1, 0.15) is 232 Å². The summed E-state index contributed by atoms with van der Waals surface area (Å²) in [5, 5.41) is 86.9. The first kappa shape index (κ1) is 62.8. The van der Waals surface area contributed by atoms with E-state index in [2.05, 4.69) is 19.2 Å². The van der Waals surface area contributed by atoms with Crippen LogP contribution in [0.4, 0.5) is 0 Å². The van der Waals surface area contributed by atoms with Gasteiger partial charge in [-0.1, -0.05) is 219 Å². The number of ether oxygens (including phenoxy) is 4. The number of unbranched alkanes of at least 4 members (excludes halogenated alkanes) is 31. The number of nitrogens with one attached hydrogen (secondary N) is 1. The van der Waals surface area contributed by atoms with Crippen LogP contribution in [0.5, 0.6) is 0 Å². The first-order valence-electron chi connectivity index (χ1n) is 27.9. The van der Waals surface area contributed by atoms with Crippen molar-refractivity contribution in [3.63, 3.8) is 0 Å². The van der Waals surface area contributed by atoms with Crippen LogP contribution in [0.3, 0.4) is 0 Å². The van der Waals surface area contributed by atoms with Gasteiger partial charge in [-0.3, -0.25) is 4.79 Å². The van der Waals surface area contributed by atoms with Crippen molar-refractivity contribution in [3.8, 4) is 0 Å². The van der Waals surface area contributed by atoms with E-state index in [9.17, 15) is 45.6 Å². The van der Waals surface area contributed by atoms with Gasteiger partial charge in [-0.2, -0.15) is 0 Å². The molecule has 0 aromatic carbocycles. The monoisotopic (exact) mass is 974 g/mol. The van der Waals surface area contributed by atoms with E-state index in [1.807, 2.05) is 6.08 Å². The number of carbonyl (C=O) groups is 1. The highest BCUT2D eigenvalue weighted by Crippen LogP contribution is 2.30. The van der Waals surface area contributed by atoms with Crippen molar-refractivity contribution in [2.75, 3.05) is 19.8 Å². The standard InChI is InChI=1S/C54H103NO13/c1-3-5-7-9-11-13-15-17-18-19-20-21-22-23-24-25-26-27-29-31-33-35-37-43(58)42(55-46(59)38-36-34-32-30-28-16-14-12-10-8-6-4-2)41-65-53-51(64)49(62)52(45(40-57)67-53)68-54-50(63)48(61)47(60)44(39-56)66-54/h35,37,42-45,47-54,56-58,60-64H,3-34,36,38-41H2,1-2H3,(H,55,59)/b37-35+. The molecule has 0 aromatic heterocycles. The maximum absolute atomic E-state index is 13.2. The van der Waals surface area contributed by atoms with E-state index < -0.39 is 86.8 Å². The van der Waals surface area contributed by atoms with Gasteiger partial charge in [0.2, 0.25) is 5.91 Å². The van der Waals surface area contributed by atoms with Crippen molar-refractivity contribution in [3.05, 3.63) is 12.2 Å². The lowest BCUT2D eigenvalue weighted by molar-refractivity contribution is -0.359. The summed E-state index contributed by atoms with van der Waals surface area (Å²) < 4.78 is 22.7. The van der Waals surface area contributed by atoms with Gasteiger partial charge < -0.3 is 65.1 Å². The predicted molar refractivity (Wildman–Crippen MR) is 268 cm³/mol. The molecule has 14 heteroatoms. The first-order valence-corrected chi connectivity index (χ1v) is 27.9. The van der Waals surface area contributed by atoms with Crippen LogP contribution >= 0.6 is 0 Å². The number of allylic oxidation sites excluding steroid dienone is 1. The lowest BCUT2D eigenvalue weighted by Crippen LogP contribution is -2.65. The summed E-state index contributed by atoms with van der Waals surface area (Å²) in [5.74, 6) is -0.237. The van der Waals surface area contributed by atoms with Gasteiger partial charge in [-0.25, -0.2) is 0 Å². The molecule has 402 valence electrons. The highest BCUT2D eigenvalue weighted by atomic mass is 16.7. The Bertz CT molecular complexity index is 1200. The quantitative estimate of drug-likeness (QED) is 0.0207. The second-order valence-electron chi connectivity index (χ2n) is 20.1. The Balaban J connectivity index is 1.78. The fourth-order valence-corrected chi connectivity index (χ4v) is 9.41. The van der Waals surface area contributed by atoms with Gasteiger partial charge >= 0.3 is 0 Å². The molecule has 0 spiro atoms. The summed E-state index contributed by atoms with van der Waals surface area (Å²) in [5.41, 5.74) is 0. The third kappa shape index (κ3) is 27.5. The first-order chi connectivity index (χ1) is 33.1. The Kier molecular flexibility index (Phi) is 38.1. The van der Waals surface area contributed by atoms with E-state index in [4.69, 9.17) is 18.9 Å². The summed E-state index contributed by atoms with van der Waals surface area (Å²) in [6.07, 6.45) is 28.3. The molecule has 0 saturated carbocycles. The third-order valence-electron chi connectivity index (χ3n) is 14.0. The molecule has 2 heterocycles. The minimum atomic E-state index is -1.78. The highest BCUT2D eigenvalue weighted by Gasteiger charge is 2.51. The molecule has 2 aliphatic rings. The number of amides is 1. The van der Waals surface area contributed by atoms with Gasteiger partial charge in [0.1, 0.15) is 48.8 Å². The van der Waals surface area contributed by atoms with Gasteiger partial charge in [0.05, 0.1) is 32.0 Å². The molecule has 0 bridgehead atoms. The number of aliphatic hydroxyl groups excluding tert-OH is 8. The molecular formula is C54H103NO13. The topological polar surface area (TPSA) is 228 Å². The molecule has 12 unspecified atom stereocenters. The number of aliphatic hydroxyl groups is 8. The number of hydrogen-bond acceptors (Lipinski definition) is 13. The summed E-state index contributed by atoms with van der Waals surface area (Å²) in [4.78, 5) is 13.2. The molecule has 0 radical (unpaired) electrons. The van der Waals surface area contributed by atoms with Crippen molar-refractivity contribution in [1.82, 2.24) is 5.32 Å². The normalized spacial score (nSPS) is 26.4. The zero-order valence-electron chi connectivity index (χ0n) is 42.9. The molecule has 14 nitrogen and oxygen atoms in total. The number of rotatable bonds is 44. The predicted octanol–water partition coefficient (Wildman–Crippen LogP) is 8.33. The van der Waals surface area contributed by atoms with Gasteiger partial charge in [-0.05, 0) is 19.3 Å². The third-order valence-corrected chi connectivity index (χ3v) is 14.0. The van der Waals surface area contributed by atoms with Crippen molar-refractivity contribution >= 4 is 5.91 Å². The van der Waals surface area contributed by atoms with Gasteiger partial charge in [0.25, 0.3) is 0 Å². The molecular weight excluding hydrogens is 871 g/mol. The largest absolute Gasteiger partial charge is 0.394 e. The van der Waals surface area contributed by atoms with Crippen LogP contribution in [0.15, 0.2) is 12.2 Å². The van der Waals surface area contributed by atoms with Crippen molar-refractivity contribution in [1.29, 1.82) is 0 Å². The molecule has 1 amide bonds. The zero-order chi connectivity index (χ0) is 49.6. The Morgan fingerprint density at radius 2 is 0.912 bits per heavy atom. The maximum Gasteiger partial charge on any atom is 0.220 e. The summed E-state index contributed by atoms with van der Waals surface area (Å²) in [7, 11) is 0. The second-order valence-corrected chi connectivity index (χ2v) is 20.1. The molecule has 2 aliphatic heterocycles. The average molecular weight is 974 g/mol. The van der Waals surface area contributed by atoms with E-state index in [-0.39, 0.29) is 18.9 Å². The fraction of sp³-hybridized carbons (Fsp3) is 0.944. The summed E-state index contributed by atoms with van der Waals surface area (Å²) >= 11 is 0. The van der Waals surface area contributed by atoms with Crippen LogP contribution in [-0.4, -0.2) is 140 Å². The molecule has 9 N–H and O–H groups in total. The molecule has 2 saturated heterocycles. The summed E-state index contributed by atoms with van der Waals surface area (Å²) in [6.45, 7) is 2.80. The number of carbonyl (C=O) groups excluding carboxylic acids is 1. The lowest BCUT2D eigenvalue weighted by atomic mass is 9.97. The van der Waals surface area contributed by atoms with Crippen LogP contribution in [0.25, 0.3) is 0 Å². The molecule has 2 fully saturated rings. The van der Waals surface area contributed by atoms with Crippen LogP contribution < -0.4 is 5.32 Å². The lowest BCUT2D eigenvalue weighted by Gasteiger charge is -2.46. The Morgan fingerprint density at radius 3 is 1.35 bits per heavy atom. The van der Waals surface area contributed by atoms with Crippen molar-refractivity contribution in [2.45, 2.75) is 306 Å². The Hall–Kier alpha value is -1.27. The number of hydrogen-bond donors (Lipinski definition) is 9. The van der Waals surface area contributed by atoms with E-state index in [0.29, 0.717) is 6.42 Å². The van der Waals surface area contributed by atoms with E-state index in [1.165, 1.54) is 167 Å². The molecule has 68 heavy (non-hydrogen) atoms. The van der Waals surface area contributed by atoms with E-state index in [0.717, 1.165) is 38.5 Å². The molecule has 0 aromatic rings. The van der Waals surface area contributed by atoms with Crippen molar-refractivity contribution < 1.29 is 64.6 Å². The maximum atomic E-state index is 13.2. The SMILES string of the molecule is CCCCCCCCCCCCCCCCCCCCCC/C=C/C(O)C(COC1OC(CO)C(OC2OC(CO)C(O)C(O)C2O)C(O)C1O)NC(=O)CCCCCCCCCCCCCC. The van der Waals surface area contributed by atoms with E-state index >= 15 is 0 Å².